The lowest BCUT2D eigenvalue weighted by atomic mass is 10.0. The van der Waals surface area contributed by atoms with Gasteiger partial charge < -0.3 is 20.9 Å². The van der Waals surface area contributed by atoms with Crippen molar-refractivity contribution in [1.82, 2.24) is 0 Å². The summed E-state index contributed by atoms with van der Waals surface area (Å²) in [6.45, 7) is 0.653. The molecule has 0 heterocycles. The van der Waals surface area contributed by atoms with Gasteiger partial charge in [0.05, 0.1) is 14.2 Å². The van der Waals surface area contributed by atoms with E-state index in [0.717, 1.165) is 29.9 Å². The molecule has 0 bridgehead atoms. The van der Waals surface area contributed by atoms with E-state index in [9.17, 15) is 0 Å². The van der Waals surface area contributed by atoms with Gasteiger partial charge in [-0.2, -0.15) is 0 Å². The summed E-state index contributed by atoms with van der Waals surface area (Å²) in [4.78, 5) is 0. The van der Waals surface area contributed by atoms with E-state index in [-0.39, 0.29) is 18.4 Å². The SMILES string of the molecule is COc1ccc(OC)c([C@@H](N)CCCN)c1.Cl. The van der Waals surface area contributed by atoms with E-state index in [1.54, 1.807) is 14.2 Å². The first-order valence-electron chi connectivity index (χ1n) is 5.40. The molecule has 0 aromatic heterocycles. The predicted molar refractivity (Wildman–Crippen MR) is 72.0 cm³/mol. The Morgan fingerprint density at radius 1 is 1.24 bits per heavy atom. The molecule has 0 amide bonds. The predicted octanol–water partition coefficient (Wildman–Crippen LogP) is 1.86. The first-order valence-corrected chi connectivity index (χ1v) is 5.40. The Kier molecular flexibility index (Phi) is 7.70. The monoisotopic (exact) mass is 260 g/mol. The van der Waals surface area contributed by atoms with E-state index in [1.807, 2.05) is 18.2 Å². The largest absolute Gasteiger partial charge is 0.497 e. The van der Waals surface area contributed by atoms with Gasteiger partial charge in [0, 0.05) is 11.6 Å². The molecule has 0 fully saturated rings. The number of ether oxygens (including phenoxy) is 2. The van der Waals surface area contributed by atoms with E-state index in [0.29, 0.717) is 6.54 Å². The minimum Gasteiger partial charge on any atom is -0.497 e. The first-order chi connectivity index (χ1) is 7.72. The molecule has 0 saturated carbocycles. The maximum Gasteiger partial charge on any atom is 0.123 e. The van der Waals surface area contributed by atoms with Crippen LogP contribution in [-0.4, -0.2) is 20.8 Å². The zero-order valence-electron chi connectivity index (χ0n) is 10.3. The highest BCUT2D eigenvalue weighted by atomic mass is 35.5. The maximum atomic E-state index is 6.09. The Morgan fingerprint density at radius 3 is 2.47 bits per heavy atom. The van der Waals surface area contributed by atoms with Gasteiger partial charge in [-0.3, -0.25) is 0 Å². The fourth-order valence-electron chi connectivity index (χ4n) is 1.62. The van der Waals surface area contributed by atoms with Crippen molar-refractivity contribution in [2.45, 2.75) is 18.9 Å². The van der Waals surface area contributed by atoms with Crippen molar-refractivity contribution in [3.05, 3.63) is 23.8 Å². The van der Waals surface area contributed by atoms with E-state index >= 15 is 0 Å². The van der Waals surface area contributed by atoms with Crippen LogP contribution in [0.1, 0.15) is 24.4 Å². The highest BCUT2D eigenvalue weighted by Crippen LogP contribution is 2.30. The van der Waals surface area contributed by atoms with Gasteiger partial charge in [-0.05, 0) is 37.6 Å². The highest BCUT2D eigenvalue weighted by Gasteiger charge is 2.12. The van der Waals surface area contributed by atoms with Crippen molar-refractivity contribution in [3.8, 4) is 11.5 Å². The molecule has 0 radical (unpaired) electrons. The standard InChI is InChI=1S/C12H20N2O2.ClH/c1-15-9-5-6-12(16-2)10(8-9)11(14)4-3-7-13;/h5-6,8,11H,3-4,7,13-14H2,1-2H3;1H/t11-;/m0./s1. The van der Waals surface area contributed by atoms with Crippen molar-refractivity contribution in [2.75, 3.05) is 20.8 Å². The molecular weight excluding hydrogens is 240 g/mol. The molecule has 1 rings (SSSR count). The van der Waals surface area contributed by atoms with Crippen molar-refractivity contribution >= 4 is 12.4 Å². The molecule has 0 saturated heterocycles. The zero-order valence-corrected chi connectivity index (χ0v) is 11.1. The topological polar surface area (TPSA) is 70.5 Å². The molecule has 0 aliphatic heterocycles. The van der Waals surface area contributed by atoms with Crippen LogP contribution in [0.4, 0.5) is 0 Å². The normalized spacial score (nSPS) is 11.5. The first kappa shape index (κ1) is 16.0. The highest BCUT2D eigenvalue weighted by molar-refractivity contribution is 5.85. The van der Waals surface area contributed by atoms with Crippen molar-refractivity contribution in [1.29, 1.82) is 0 Å². The number of hydrogen-bond acceptors (Lipinski definition) is 4. The van der Waals surface area contributed by atoms with Crippen LogP contribution in [0.5, 0.6) is 11.5 Å². The molecule has 17 heavy (non-hydrogen) atoms. The summed E-state index contributed by atoms with van der Waals surface area (Å²) in [5.41, 5.74) is 12.5. The Morgan fingerprint density at radius 2 is 1.94 bits per heavy atom. The second-order valence-corrected chi connectivity index (χ2v) is 3.65. The third-order valence-corrected chi connectivity index (χ3v) is 2.56. The maximum absolute atomic E-state index is 6.09. The van der Waals surface area contributed by atoms with Gasteiger partial charge in [0.25, 0.3) is 0 Å². The third kappa shape index (κ3) is 4.42. The van der Waals surface area contributed by atoms with Crippen LogP contribution >= 0.6 is 12.4 Å². The lowest BCUT2D eigenvalue weighted by molar-refractivity contribution is 0.393. The van der Waals surface area contributed by atoms with Gasteiger partial charge in [0.1, 0.15) is 11.5 Å². The van der Waals surface area contributed by atoms with Crippen molar-refractivity contribution in [2.24, 2.45) is 11.5 Å². The molecule has 1 atom stereocenters. The molecule has 4 N–H and O–H groups in total. The second kappa shape index (κ2) is 8.17. The number of methoxy groups -OCH3 is 2. The quantitative estimate of drug-likeness (QED) is 0.819. The molecule has 5 heteroatoms. The van der Waals surface area contributed by atoms with Gasteiger partial charge in [-0.15, -0.1) is 12.4 Å². The molecule has 4 nitrogen and oxygen atoms in total. The third-order valence-electron chi connectivity index (χ3n) is 2.56. The fourth-order valence-corrected chi connectivity index (χ4v) is 1.62. The van der Waals surface area contributed by atoms with Crippen LogP contribution in [-0.2, 0) is 0 Å². The van der Waals surface area contributed by atoms with Crippen molar-refractivity contribution < 1.29 is 9.47 Å². The molecule has 0 unspecified atom stereocenters. The van der Waals surface area contributed by atoms with Gasteiger partial charge in [-0.25, -0.2) is 0 Å². The van der Waals surface area contributed by atoms with Crippen LogP contribution in [0.15, 0.2) is 18.2 Å². The smallest absolute Gasteiger partial charge is 0.123 e. The summed E-state index contributed by atoms with van der Waals surface area (Å²) < 4.78 is 10.5. The second-order valence-electron chi connectivity index (χ2n) is 3.65. The molecule has 1 aromatic carbocycles. The fraction of sp³-hybridized carbons (Fsp3) is 0.500. The molecule has 0 aliphatic rings. The van der Waals surface area contributed by atoms with Gasteiger partial charge in [0.15, 0.2) is 0 Å². The molecule has 1 aromatic rings. The summed E-state index contributed by atoms with van der Waals surface area (Å²) in [5.74, 6) is 1.59. The Hall–Kier alpha value is -0.970. The number of benzene rings is 1. The summed E-state index contributed by atoms with van der Waals surface area (Å²) in [7, 11) is 3.28. The zero-order chi connectivity index (χ0) is 12.0. The van der Waals surface area contributed by atoms with Gasteiger partial charge in [0.2, 0.25) is 0 Å². The van der Waals surface area contributed by atoms with E-state index < -0.39 is 0 Å². The molecule has 98 valence electrons. The number of halogens is 1. The summed E-state index contributed by atoms with van der Waals surface area (Å²) in [5, 5.41) is 0. The molecule has 0 aliphatic carbocycles. The summed E-state index contributed by atoms with van der Waals surface area (Å²) in [6.07, 6.45) is 1.75. The van der Waals surface area contributed by atoms with Crippen LogP contribution in [0.25, 0.3) is 0 Å². The number of rotatable bonds is 6. The van der Waals surface area contributed by atoms with Crippen molar-refractivity contribution in [3.63, 3.8) is 0 Å². The minimum atomic E-state index is -0.0615. The van der Waals surface area contributed by atoms with E-state index in [4.69, 9.17) is 20.9 Å². The lowest BCUT2D eigenvalue weighted by Crippen LogP contribution is -2.13. The Bertz CT molecular complexity index is 334. The average Bonchev–Trinajstić information content (AvgIpc) is 2.35. The van der Waals surface area contributed by atoms with Crippen LogP contribution in [0, 0.1) is 0 Å². The van der Waals surface area contributed by atoms with Crippen LogP contribution in [0.2, 0.25) is 0 Å². The molecular formula is C12H21ClN2O2. The van der Waals surface area contributed by atoms with Gasteiger partial charge >= 0.3 is 0 Å². The van der Waals surface area contributed by atoms with E-state index in [2.05, 4.69) is 0 Å². The Balaban J connectivity index is 0.00000256. The lowest BCUT2D eigenvalue weighted by Gasteiger charge is -2.16. The number of nitrogens with two attached hydrogens (primary N) is 2. The minimum absolute atomic E-state index is 0. The summed E-state index contributed by atoms with van der Waals surface area (Å²) in [6, 6.07) is 5.59. The summed E-state index contributed by atoms with van der Waals surface area (Å²) >= 11 is 0. The Labute approximate surface area is 109 Å². The van der Waals surface area contributed by atoms with Crippen LogP contribution in [0.3, 0.4) is 0 Å². The van der Waals surface area contributed by atoms with Crippen LogP contribution < -0.4 is 20.9 Å². The van der Waals surface area contributed by atoms with E-state index in [1.165, 1.54) is 0 Å². The average molecular weight is 261 g/mol. The van der Waals surface area contributed by atoms with Gasteiger partial charge in [-0.1, -0.05) is 0 Å². The molecule has 0 spiro atoms. The number of hydrogen-bond donors (Lipinski definition) is 2.